The third-order valence-electron chi connectivity index (χ3n) is 2.28. The molecular weight excluding hydrogens is 233 g/mol. The minimum Gasteiger partial charge on any atom is -0.423 e. The van der Waals surface area contributed by atoms with E-state index in [4.69, 9.17) is 10.0 Å². The predicted octanol–water partition coefficient (Wildman–Crippen LogP) is -2.30. The van der Waals surface area contributed by atoms with Crippen molar-refractivity contribution in [2.24, 2.45) is 0 Å². The Morgan fingerprint density at radius 2 is 1.94 bits per heavy atom. The molecule has 2 N–H and O–H groups in total. The van der Waals surface area contributed by atoms with E-state index >= 15 is 0 Å². The molecule has 0 bridgehead atoms. The molecule has 0 aliphatic carbocycles. The number of aromatic nitrogens is 2. The summed E-state index contributed by atoms with van der Waals surface area (Å²) >= 11 is 0. The summed E-state index contributed by atoms with van der Waals surface area (Å²) in [5.41, 5.74) is 0.125. The van der Waals surface area contributed by atoms with E-state index in [-0.39, 0.29) is 17.2 Å². The van der Waals surface area contributed by atoms with Crippen LogP contribution in [0.4, 0.5) is 5.95 Å². The normalized spacial score (nSPS) is 18.8. The molecule has 1 aliphatic heterocycles. The molecule has 86 valence electrons. The number of hydrogen-bond acceptors (Lipinski definition) is 6. The molecule has 1 saturated heterocycles. The first-order valence-electron chi connectivity index (χ1n) is 4.69. The summed E-state index contributed by atoms with van der Waals surface area (Å²) in [6.45, 7) is 0.364. The Morgan fingerprint density at radius 1 is 1.31 bits per heavy atom. The van der Waals surface area contributed by atoms with Gasteiger partial charge >= 0.3 is 7.12 Å². The van der Waals surface area contributed by atoms with Gasteiger partial charge < -0.3 is 10.0 Å². The first-order valence-corrected chi connectivity index (χ1v) is 6.30. The average Bonchev–Trinajstić information content (AvgIpc) is 2.58. The minimum absolute atomic E-state index is 0.0712. The third-order valence-corrected chi connectivity index (χ3v) is 4.10. The minimum atomic E-state index is -3.29. The monoisotopic (exact) mass is 243 g/mol. The van der Waals surface area contributed by atoms with Gasteiger partial charge in [0.1, 0.15) is 0 Å². The van der Waals surface area contributed by atoms with Gasteiger partial charge in [-0.2, -0.15) is 0 Å². The highest BCUT2D eigenvalue weighted by molar-refractivity contribution is 7.93. The molecule has 2 heterocycles. The van der Waals surface area contributed by atoms with E-state index in [9.17, 15) is 8.42 Å². The van der Waals surface area contributed by atoms with E-state index in [2.05, 4.69) is 9.97 Å². The van der Waals surface area contributed by atoms with Gasteiger partial charge in [0.05, 0.1) is 5.75 Å². The van der Waals surface area contributed by atoms with Crippen molar-refractivity contribution < 1.29 is 18.5 Å². The highest BCUT2D eigenvalue weighted by atomic mass is 32.2. The van der Waals surface area contributed by atoms with Crippen LogP contribution in [-0.4, -0.2) is 47.8 Å². The fourth-order valence-corrected chi connectivity index (χ4v) is 2.92. The Hall–Kier alpha value is -1.19. The van der Waals surface area contributed by atoms with E-state index < -0.39 is 17.1 Å². The number of sulfonamides is 1. The van der Waals surface area contributed by atoms with Crippen LogP contribution in [0.1, 0.15) is 6.42 Å². The van der Waals surface area contributed by atoms with Crippen molar-refractivity contribution in [2.45, 2.75) is 6.42 Å². The van der Waals surface area contributed by atoms with Crippen molar-refractivity contribution in [3.05, 3.63) is 12.4 Å². The van der Waals surface area contributed by atoms with Crippen molar-refractivity contribution in [3.8, 4) is 0 Å². The highest BCUT2D eigenvalue weighted by Crippen LogP contribution is 2.18. The van der Waals surface area contributed by atoms with Crippen LogP contribution >= 0.6 is 0 Å². The van der Waals surface area contributed by atoms with Gasteiger partial charge in [0, 0.05) is 24.4 Å². The van der Waals surface area contributed by atoms with Crippen LogP contribution in [0.5, 0.6) is 0 Å². The second-order valence-electron chi connectivity index (χ2n) is 3.43. The summed E-state index contributed by atoms with van der Waals surface area (Å²) in [5, 5.41) is 17.7. The molecule has 0 amide bonds. The summed E-state index contributed by atoms with van der Waals surface area (Å²) in [6.07, 6.45) is 2.94. The highest BCUT2D eigenvalue weighted by Gasteiger charge is 2.30. The van der Waals surface area contributed by atoms with Gasteiger partial charge in [0.15, 0.2) is 0 Å². The second-order valence-corrected chi connectivity index (χ2v) is 5.44. The van der Waals surface area contributed by atoms with Gasteiger partial charge in [-0.1, -0.05) is 0 Å². The Labute approximate surface area is 93.0 Å². The standard InChI is InChI=1S/C7H10BN3O4S/c12-8(13)6-4-9-7(10-5-6)11-2-1-3-16(11,14)15/h4-5,12-13H,1-3H2. The molecule has 0 atom stereocenters. The summed E-state index contributed by atoms with van der Waals surface area (Å²) < 4.78 is 24.2. The molecule has 0 saturated carbocycles. The number of hydrogen-bond donors (Lipinski definition) is 2. The first kappa shape index (κ1) is 11.3. The molecule has 16 heavy (non-hydrogen) atoms. The molecular formula is C7H10BN3O4S. The molecule has 1 aromatic rings. The van der Waals surface area contributed by atoms with Gasteiger partial charge in [0.25, 0.3) is 0 Å². The lowest BCUT2D eigenvalue weighted by molar-refractivity contribution is 0.425. The number of rotatable bonds is 2. The summed E-state index contributed by atoms with van der Waals surface area (Å²) in [5.74, 6) is 0.169. The SMILES string of the molecule is O=S1(=O)CCCN1c1ncc(B(O)O)cn1. The second kappa shape index (κ2) is 4.00. The lowest BCUT2D eigenvalue weighted by atomic mass is 9.83. The van der Waals surface area contributed by atoms with Crippen molar-refractivity contribution in [1.82, 2.24) is 9.97 Å². The summed E-state index contributed by atoms with van der Waals surface area (Å²) in [6, 6.07) is 0. The first-order chi connectivity index (χ1) is 7.50. The van der Waals surface area contributed by atoms with E-state index in [0.717, 1.165) is 4.31 Å². The molecule has 2 rings (SSSR count). The smallest absolute Gasteiger partial charge is 0.423 e. The van der Waals surface area contributed by atoms with Crippen LogP contribution < -0.4 is 9.77 Å². The van der Waals surface area contributed by atoms with Crippen molar-refractivity contribution in [1.29, 1.82) is 0 Å². The molecule has 0 spiro atoms. The quantitative estimate of drug-likeness (QED) is 0.566. The fraction of sp³-hybridized carbons (Fsp3) is 0.429. The van der Waals surface area contributed by atoms with Gasteiger partial charge in [-0.05, 0) is 6.42 Å². The van der Waals surface area contributed by atoms with Crippen molar-refractivity contribution in [2.75, 3.05) is 16.6 Å². The largest absolute Gasteiger partial charge is 0.491 e. The zero-order valence-electron chi connectivity index (χ0n) is 8.31. The Balaban J connectivity index is 2.29. The molecule has 9 heteroatoms. The third kappa shape index (κ3) is 2.01. The molecule has 1 aromatic heterocycles. The topological polar surface area (TPSA) is 104 Å². The molecule has 1 fully saturated rings. The van der Waals surface area contributed by atoms with E-state index in [1.54, 1.807) is 0 Å². The van der Waals surface area contributed by atoms with Gasteiger partial charge in [-0.25, -0.2) is 22.7 Å². The van der Waals surface area contributed by atoms with Gasteiger partial charge in [-0.3, -0.25) is 0 Å². The lowest BCUT2D eigenvalue weighted by Crippen LogP contribution is -2.33. The molecule has 0 unspecified atom stereocenters. The van der Waals surface area contributed by atoms with Crippen LogP contribution in [0.15, 0.2) is 12.4 Å². The fourth-order valence-electron chi connectivity index (χ4n) is 1.46. The van der Waals surface area contributed by atoms with Crippen LogP contribution in [-0.2, 0) is 10.0 Å². The number of nitrogens with zero attached hydrogens (tertiary/aromatic N) is 3. The average molecular weight is 243 g/mol. The number of anilines is 1. The molecule has 0 aromatic carbocycles. The zero-order chi connectivity index (χ0) is 11.8. The van der Waals surface area contributed by atoms with Crippen molar-refractivity contribution >= 4 is 28.6 Å². The van der Waals surface area contributed by atoms with Crippen LogP contribution in [0.25, 0.3) is 0 Å². The van der Waals surface area contributed by atoms with Crippen LogP contribution in [0.3, 0.4) is 0 Å². The van der Waals surface area contributed by atoms with E-state index in [0.29, 0.717) is 13.0 Å². The van der Waals surface area contributed by atoms with E-state index in [1.165, 1.54) is 12.4 Å². The Morgan fingerprint density at radius 3 is 2.38 bits per heavy atom. The maximum atomic E-state index is 11.5. The van der Waals surface area contributed by atoms with Gasteiger partial charge in [0.2, 0.25) is 16.0 Å². The van der Waals surface area contributed by atoms with Crippen LogP contribution in [0, 0.1) is 0 Å². The van der Waals surface area contributed by atoms with Gasteiger partial charge in [-0.15, -0.1) is 0 Å². The summed E-state index contributed by atoms with van der Waals surface area (Å²) in [7, 11) is -4.94. The zero-order valence-corrected chi connectivity index (χ0v) is 9.13. The lowest BCUT2D eigenvalue weighted by Gasteiger charge is -2.13. The van der Waals surface area contributed by atoms with Crippen LogP contribution in [0.2, 0.25) is 0 Å². The molecule has 7 nitrogen and oxygen atoms in total. The summed E-state index contributed by atoms with van der Waals surface area (Å²) in [4.78, 5) is 7.59. The predicted molar refractivity (Wildman–Crippen MR) is 57.6 cm³/mol. The molecule has 0 radical (unpaired) electrons. The van der Waals surface area contributed by atoms with Crippen molar-refractivity contribution in [3.63, 3.8) is 0 Å². The maximum absolute atomic E-state index is 11.5. The van der Waals surface area contributed by atoms with E-state index in [1.807, 2.05) is 0 Å². The Kier molecular flexibility index (Phi) is 2.83. The maximum Gasteiger partial charge on any atom is 0.491 e. The molecule has 1 aliphatic rings. The Bertz CT molecular complexity index is 475.